The summed E-state index contributed by atoms with van der Waals surface area (Å²) in [6.07, 6.45) is 4.61. The smallest absolute Gasteiger partial charge is 0.303 e. The Labute approximate surface area is 118 Å². The molecule has 20 heavy (non-hydrogen) atoms. The summed E-state index contributed by atoms with van der Waals surface area (Å²) in [6.45, 7) is 4.33. The van der Waals surface area contributed by atoms with Gasteiger partial charge in [-0.3, -0.25) is 14.3 Å². The average molecular weight is 279 g/mol. The fraction of sp³-hybridized carbons (Fsp3) is 0.500. The molecule has 0 bridgehead atoms. The van der Waals surface area contributed by atoms with Crippen molar-refractivity contribution in [2.75, 3.05) is 6.54 Å². The van der Waals surface area contributed by atoms with Gasteiger partial charge in [-0.1, -0.05) is 0 Å². The topological polar surface area (TPSA) is 84.2 Å². The second kappa shape index (κ2) is 7.47. The zero-order chi connectivity index (χ0) is 15.1. The fourth-order valence-electron chi connectivity index (χ4n) is 1.86. The maximum absolute atomic E-state index is 11.6. The van der Waals surface area contributed by atoms with Crippen LogP contribution in [0.3, 0.4) is 0 Å². The molecular formula is C14H21N3O3. The molecule has 0 saturated heterocycles. The summed E-state index contributed by atoms with van der Waals surface area (Å²) < 4.78 is 1.78. The van der Waals surface area contributed by atoms with Crippen LogP contribution in [0.2, 0.25) is 0 Å². The molecule has 0 spiro atoms. The molecule has 1 heterocycles. The third kappa shape index (κ3) is 4.87. The molecule has 6 heteroatoms. The van der Waals surface area contributed by atoms with Crippen LogP contribution in [0.1, 0.15) is 36.2 Å². The van der Waals surface area contributed by atoms with Crippen LogP contribution in [0.15, 0.2) is 6.08 Å². The molecule has 110 valence electrons. The Bertz CT molecular complexity index is 518. The molecule has 0 aliphatic carbocycles. The highest BCUT2D eigenvalue weighted by Gasteiger charge is 2.06. The molecule has 1 rings (SSSR count). The van der Waals surface area contributed by atoms with Gasteiger partial charge in [-0.15, -0.1) is 0 Å². The van der Waals surface area contributed by atoms with Crippen LogP contribution < -0.4 is 5.32 Å². The first-order valence-corrected chi connectivity index (χ1v) is 6.59. The van der Waals surface area contributed by atoms with Gasteiger partial charge in [-0.25, -0.2) is 0 Å². The molecule has 0 aliphatic heterocycles. The zero-order valence-electron chi connectivity index (χ0n) is 12.1. The summed E-state index contributed by atoms with van der Waals surface area (Å²) in [5.41, 5.74) is 2.84. The van der Waals surface area contributed by atoms with E-state index in [9.17, 15) is 9.59 Å². The van der Waals surface area contributed by atoms with Gasteiger partial charge in [0.25, 0.3) is 0 Å². The standard InChI is InChI=1S/C14H21N3O3/c1-10-12(11(2)17(3)16-10)7-8-13(18)15-9-5-4-6-14(19)20/h7-8H,4-6,9H2,1-3H3,(H,15,18)(H,19,20). The predicted octanol–water partition coefficient (Wildman–Crippen LogP) is 1.42. The van der Waals surface area contributed by atoms with E-state index in [1.54, 1.807) is 10.8 Å². The summed E-state index contributed by atoms with van der Waals surface area (Å²) in [7, 11) is 1.86. The minimum absolute atomic E-state index is 0.139. The lowest BCUT2D eigenvalue weighted by Crippen LogP contribution is -2.22. The number of hydrogen-bond acceptors (Lipinski definition) is 3. The van der Waals surface area contributed by atoms with E-state index in [-0.39, 0.29) is 12.3 Å². The highest BCUT2D eigenvalue weighted by Crippen LogP contribution is 2.13. The van der Waals surface area contributed by atoms with Crippen molar-refractivity contribution in [1.29, 1.82) is 0 Å². The van der Waals surface area contributed by atoms with Crippen molar-refractivity contribution in [2.45, 2.75) is 33.1 Å². The molecule has 0 aliphatic rings. The van der Waals surface area contributed by atoms with Gasteiger partial charge in [0.05, 0.1) is 5.69 Å². The van der Waals surface area contributed by atoms with Crippen LogP contribution in [-0.4, -0.2) is 33.3 Å². The van der Waals surface area contributed by atoms with E-state index in [2.05, 4.69) is 10.4 Å². The molecule has 2 N–H and O–H groups in total. The van der Waals surface area contributed by atoms with Gasteiger partial charge in [0.15, 0.2) is 0 Å². The fourth-order valence-corrected chi connectivity index (χ4v) is 1.86. The van der Waals surface area contributed by atoms with E-state index in [0.29, 0.717) is 19.4 Å². The molecule has 0 fully saturated rings. The third-order valence-corrected chi connectivity index (χ3v) is 3.08. The minimum atomic E-state index is -0.807. The minimum Gasteiger partial charge on any atom is -0.481 e. The van der Waals surface area contributed by atoms with Crippen LogP contribution in [0.5, 0.6) is 0 Å². The van der Waals surface area contributed by atoms with Gasteiger partial charge in [-0.05, 0) is 32.8 Å². The summed E-state index contributed by atoms with van der Waals surface area (Å²) in [4.78, 5) is 21.9. The molecule has 0 unspecified atom stereocenters. The number of carbonyl (C=O) groups is 2. The quantitative estimate of drug-likeness (QED) is 0.584. The third-order valence-electron chi connectivity index (χ3n) is 3.08. The lowest BCUT2D eigenvalue weighted by atomic mass is 10.2. The van der Waals surface area contributed by atoms with E-state index >= 15 is 0 Å². The van der Waals surface area contributed by atoms with Crippen LogP contribution in [0, 0.1) is 13.8 Å². The van der Waals surface area contributed by atoms with Gasteiger partial charge in [0.2, 0.25) is 5.91 Å². The lowest BCUT2D eigenvalue weighted by Gasteiger charge is -2.01. The van der Waals surface area contributed by atoms with E-state index in [1.165, 1.54) is 6.08 Å². The van der Waals surface area contributed by atoms with Gasteiger partial charge in [0.1, 0.15) is 0 Å². The second-order valence-electron chi connectivity index (χ2n) is 4.68. The Morgan fingerprint density at radius 3 is 2.60 bits per heavy atom. The number of aliphatic carboxylic acids is 1. The van der Waals surface area contributed by atoms with Crippen molar-refractivity contribution in [1.82, 2.24) is 15.1 Å². The van der Waals surface area contributed by atoms with Crippen molar-refractivity contribution in [2.24, 2.45) is 7.05 Å². The number of aryl methyl sites for hydroxylation is 2. The van der Waals surface area contributed by atoms with Gasteiger partial charge < -0.3 is 10.4 Å². The molecule has 1 amide bonds. The summed E-state index contributed by atoms with van der Waals surface area (Å²) in [6, 6.07) is 0. The number of unbranched alkanes of at least 4 members (excludes halogenated alkanes) is 1. The van der Waals surface area contributed by atoms with E-state index in [0.717, 1.165) is 17.0 Å². The molecule has 0 saturated carbocycles. The average Bonchev–Trinajstić information content (AvgIpc) is 2.60. The molecule has 0 radical (unpaired) electrons. The van der Waals surface area contributed by atoms with Crippen molar-refractivity contribution in [3.8, 4) is 0 Å². The van der Waals surface area contributed by atoms with Crippen LogP contribution in [-0.2, 0) is 16.6 Å². The first-order valence-electron chi connectivity index (χ1n) is 6.59. The summed E-state index contributed by atoms with van der Waals surface area (Å²) >= 11 is 0. The Morgan fingerprint density at radius 1 is 1.35 bits per heavy atom. The van der Waals surface area contributed by atoms with Crippen molar-refractivity contribution < 1.29 is 14.7 Å². The number of carboxylic acid groups (broad SMARTS) is 1. The first-order chi connectivity index (χ1) is 9.41. The lowest BCUT2D eigenvalue weighted by molar-refractivity contribution is -0.137. The molecule has 0 aromatic carbocycles. The number of nitrogens with one attached hydrogen (secondary N) is 1. The van der Waals surface area contributed by atoms with Crippen molar-refractivity contribution >= 4 is 18.0 Å². The monoisotopic (exact) mass is 279 g/mol. The molecular weight excluding hydrogens is 258 g/mol. The summed E-state index contributed by atoms with van der Waals surface area (Å²) in [5.74, 6) is -0.985. The van der Waals surface area contributed by atoms with Gasteiger partial charge in [-0.2, -0.15) is 5.10 Å². The SMILES string of the molecule is Cc1nn(C)c(C)c1C=CC(=O)NCCCCC(=O)O. The van der Waals surface area contributed by atoms with Gasteiger partial charge in [0, 0.05) is 37.3 Å². The predicted molar refractivity (Wildman–Crippen MR) is 76.2 cm³/mol. The van der Waals surface area contributed by atoms with Crippen LogP contribution in [0.25, 0.3) is 6.08 Å². The highest BCUT2D eigenvalue weighted by molar-refractivity contribution is 5.91. The number of nitrogens with zero attached hydrogens (tertiary/aromatic N) is 2. The molecule has 1 aromatic heterocycles. The normalized spacial score (nSPS) is 10.9. The van der Waals surface area contributed by atoms with Gasteiger partial charge >= 0.3 is 5.97 Å². The second-order valence-corrected chi connectivity index (χ2v) is 4.68. The largest absolute Gasteiger partial charge is 0.481 e. The molecule has 6 nitrogen and oxygen atoms in total. The Hall–Kier alpha value is -2.11. The maximum atomic E-state index is 11.6. The molecule has 0 atom stereocenters. The Kier molecular flexibility index (Phi) is 5.96. The van der Waals surface area contributed by atoms with E-state index in [4.69, 9.17) is 5.11 Å². The van der Waals surface area contributed by atoms with Crippen molar-refractivity contribution in [3.05, 3.63) is 23.0 Å². The number of amides is 1. The highest BCUT2D eigenvalue weighted by atomic mass is 16.4. The summed E-state index contributed by atoms with van der Waals surface area (Å²) in [5, 5.41) is 15.5. The Morgan fingerprint density at radius 2 is 2.05 bits per heavy atom. The number of carbonyl (C=O) groups excluding carboxylic acids is 1. The maximum Gasteiger partial charge on any atom is 0.303 e. The van der Waals surface area contributed by atoms with Crippen LogP contribution >= 0.6 is 0 Å². The number of carboxylic acids is 1. The van der Waals surface area contributed by atoms with E-state index in [1.807, 2.05) is 20.9 Å². The van der Waals surface area contributed by atoms with Crippen molar-refractivity contribution in [3.63, 3.8) is 0 Å². The Balaban J connectivity index is 2.38. The first kappa shape index (κ1) is 15.9. The molecule has 1 aromatic rings. The van der Waals surface area contributed by atoms with E-state index < -0.39 is 5.97 Å². The number of rotatable bonds is 7. The van der Waals surface area contributed by atoms with Crippen LogP contribution in [0.4, 0.5) is 0 Å². The number of aromatic nitrogens is 2. The number of hydrogen-bond donors (Lipinski definition) is 2. The zero-order valence-corrected chi connectivity index (χ0v) is 12.1.